The van der Waals surface area contributed by atoms with Crippen LogP contribution in [0.2, 0.25) is 0 Å². The monoisotopic (exact) mass is 548 g/mol. The summed E-state index contributed by atoms with van der Waals surface area (Å²) >= 11 is 0. The van der Waals surface area contributed by atoms with E-state index in [1.54, 1.807) is 12.1 Å². The van der Waals surface area contributed by atoms with Gasteiger partial charge in [0, 0.05) is 22.3 Å². The molecule has 0 aromatic heterocycles. The fourth-order valence-corrected chi connectivity index (χ4v) is 5.65. The molecule has 0 unspecified atom stereocenters. The Morgan fingerprint density at radius 3 is 1.40 bits per heavy atom. The molecule has 0 amide bonds. The minimum Gasteiger partial charge on any atom is -0.508 e. The molecule has 0 heterocycles. The first-order chi connectivity index (χ1) is 20.3. The molecule has 0 atom stereocenters. The van der Waals surface area contributed by atoms with Gasteiger partial charge in [-0.25, -0.2) is 0 Å². The van der Waals surface area contributed by atoms with Crippen LogP contribution in [0.4, 0.5) is 11.4 Å². The zero-order valence-electron chi connectivity index (χ0n) is 23.6. The summed E-state index contributed by atoms with van der Waals surface area (Å²) in [5.74, 6) is 0.425. The number of phenols is 2. The lowest BCUT2D eigenvalue weighted by molar-refractivity contribution is 0.471. The van der Waals surface area contributed by atoms with Gasteiger partial charge < -0.3 is 21.7 Å². The number of rotatable bonds is 5. The highest BCUT2D eigenvalue weighted by atomic mass is 16.3. The second kappa shape index (κ2) is 10.8. The van der Waals surface area contributed by atoms with Gasteiger partial charge in [-0.1, -0.05) is 109 Å². The van der Waals surface area contributed by atoms with Crippen molar-refractivity contribution < 1.29 is 10.2 Å². The number of nitrogen functional groups attached to an aromatic ring is 2. The fourth-order valence-electron chi connectivity index (χ4n) is 5.65. The van der Waals surface area contributed by atoms with Crippen molar-refractivity contribution in [2.75, 3.05) is 11.5 Å². The molecule has 0 aliphatic heterocycles. The van der Waals surface area contributed by atoms with Crippen LogP contribution in [0.5, 0.6) is 11.5 Å². The summed E-state index contributed by atoms with van der Waals surface area (Å²) in [5, 5.41) is 21.5. The zero-order chi connectivity index (χ0) is 29.4. The second-order valence-corrected chi connectivity index (χ2v) is 10.6. The van der Waals surface area contributed by atoms with Gasteiger partial charge in [0.15, 0.2) is 0 Å². The van der Waals surface area contributed by atoms with Gasteiger partial charge in [0.1, 0.15) is 11.5 Å². The van der Waals surface area contributed by atoms with Crippen LogP contribution in [0, 0.1) is 13.8 Å². The number of aryl methyl sites for hydroxylation is 2. The second-order valence-electron chi connectivity index (χ2n) is 10.6. The first-order valence-electron chi connectivity index (χ1n) is 13.9. The average Bonchev–Trinajstić information content (AvgIpc) is 3.02. The van der Waals surface area contributed by atoms with Gasteiger partial charge in [-0.3, -0.25) is 0 Å². The summed E-state index contributed by atoms with van der Waals surface area (Å²) in [6.07, 6.45) is 0. The van der Waals surface area contributed by atoms with E-state index in [-0.39, 0.29) is 11.5 Å². The Morgan fingerprint density at radius 1 is 0.405 bits per heavy atom. The van der Waals surface area contributed by atoms with E-state index in [2.05, 4.69) is 12.1 Å². The maximum absolute atomic E-state index is 10.9. The number of phenolic OH excluding ortho intramolecular Hbond substituents is 2. The topological polar surface area (TPSA) is 92.5 Å². The molecule has 0 bridgehead atoms. The predicted octanol–water partition coefficient (Wildman–Crippen LogP) is 9.21. The molecule has 0 saturated heterocycles. The maximum atomic E-state index is 10.9. The van der Waals surface area contributed by atoms with Gasteiger partial charge >= 0.3 is 0 Å². The Kier molecular flexibility index (Phi) is 6.89. The number of hydrogen-bond acceptors (Lipinski definition) is 4. The van der Waals surface area contributed by atoms with E-state index in [4.69, 9.17) is 11.5 Å². The molecular formula is C38H32N2O2. The number of hydrogen-bond donors (Lipinski definition) is 4. The van der Waals surface area contributed by atoms with Gasteiger partial charge in [-0.05, 0) is 70.5 Å². The lowest BCUT2D eigenvalue weighted by Crippen LogP contribution is -2.06. The van der Waals surface area contributed by atoms with Crippen molar-refractivity contribution in [1.82, 2.24) is 0 Å². The van der Waals surface area contributed by atoms with Crippen LogP contribution >= 0.6 is 0 Å². The van der Waals surface area contributed by atoms with Crippen molar-refractivity contribution in [2.45, 2.75) is 13.8 Å². The molecule has 6 rings (SSSR count). The van der Waals surface area contributed by atoms with Crippen molar-refractivity contribution in [1.29, 1.82) is 0 Å². The summed E-state index contributed by atoms with van der Waals surface area (Å²) < 4.78 is 0. The fraction of sp³-hybridized carbons (Fsp3) is 0.0526. The largest absolute Gasteiger partial charge is 0.508 e. The lowest BCUT2D eigenvalue weighted by atomic mass is 9.79. The average molecular weight is 549 g/mol. The molecular weight excluding hydrogens is 516 g/mol. The van der Waals surface area contributed by atoms with Crippen LogP contribution in [0.3, 0.4) is 0 Å². The van der Waals surface area contributed by atoms with E-state index < -0.39 is 0 Å². The normalized spacial score (nSPS) is 11.0. The Balaban J connectivity index is 1.81. The molecule has 0 aliphatic carbocycles. The van der Waals surface area contributed by atoms with E-state index in [9.17, 15) is 10.2 Å². The SMILES string of the molecule is Cc1ccc(-c2ccccc2-c2c(N)c(N)c(-c3ccccc3)c(-c3ccccc3)c2-c2ccc(C)c(O)c2)cc1O. The summed E-state index contributed by atoms with van der Waals surface area (Å²) in [6.45, 7) is 3.75. The van der Waals surface area contributed by atoms with Crippen molar-refractivity contribution in [2.24, 2.45) is 0 Å². The number of aromatic hydroxyl groups is 2. The van der Waals surface area contributed by atoms with Gasteiger partial charge in [-0.15, -0.1) is 0 Å². The highest BCUT2D eigenvalue weighted by Crippen LogP contribution is 2.54. The van der Waals surface area contributed by atoms with Crippen LogP contribution in [0.15, 0.2) is 121 Å². The van der Waals surface area contributed by atoms with Crippen molar-refractivity contribution in [3.05, 3.63) is 132 Å². The number of benzene rings is 6. The molecule has 206 valence electrons. The van der Waals surface area contributed by atoms with Gasteiger partial charge in [0.25, 0.3) is 0 Å². The van der Waals surface area contributed by atoms with Gasteiger partial charge in [0.2, 0.25) is 0 Å². The van der Waals surface area contributed by atoms with E-state index >= 15 is 0 Å². The lowest BCUT2D eigenvalue weighted by Gasteiger charge is -2.26. The number of anilines is 2. The molecule has 4 heteroatoms. The third-order valence-electron chi connectivity index (χ3n) is 7.92. The van der Waals surface area contributed by atoms with Crippen LogP contribution in [0.1, 0.15) is 11.1 Å². The van der Waals surface area contributed by atoms with E-state index in [1.165, 1.54) is 0 Å². The maximum Gasteiger partial charge on any atom is 0.119 e. The zero-order valence-corrected chi connectivity index (χ0v) is 23.6. The van der Waals surface area contributed by atoms with E-state index in [0.717, 1.165) is 66.8 Å². The molecule has 6 aromatic carbocycles. The highest BCUT2D eigenvalue weighted by molar-refractivity contribution is 6.13. The Morgan fingerprint density at radius 2 is 0.833 bits per heavy atom. The predicted molar refractivity (Wildman–Crippen MR) is 175 cm³/mol. The molecule has 0 aliphatic rings. The Hall–Kier alpha value is -5.48. The first-order valence-corrected chi connectivity index (χ1v) is 13.9. The molecule has 0 radical (unpaired) electrons. The van der Waals surface area contributed by atoms with Gasteiger partial charge in [0.05, 0.1) is 11.4 Å². The summed E-state index contributed by atoms with van der Waals surface area (Å²) in [6, 6.07) is 39.6. The van der Waals surface area contributed by atoms with Crippen molar-refractivity contribution in [3.8, 4) is 67.1 Å². The molecule has 0 fully saturated rings. The summed E-state index contributed by atoms with van der Waals surface area (Å²) in [4.78, 5) is 0. The quantitative estimate of drug-likeness (QED) is 0.162. The first kappa shape index (κ1) is 26.7. The highest BCUT2D eigenvalue weighted by Gasteiger charge is 2.27. The van der Waals surface area contributed by atoms with Crippen molar-refractivity contribution in [3.63, 3.8) is 0 Å². The third-order valence-corrected chi connectivity index (χ3v) is 7.92. The van der Waals surface area contributed by atoms with Crippen LogP contribution < -0.4 is 11.5 Å². The molecule has 42 heavy (non-hydrogen) atoms. The minimum absolute atomic E-state index is 0.200. The molecule has 6 N–H and O–H groups in total. The molecule has 0 spiro atoms. The molecule has 0 saturated carbocycles. The standard InChI is InChI=1S/C38H32N2O2/c1-23-17-19-27(21-31(23)41)29-15-9-10-16-30(29)36-34(28-20-18-24(2)32(42)22-28)33(25-11-5-3-6-12-25)35(37(39)38(36)40)26-13-7-4-8-14-26/h3-22,41-42H,39-40H2,1-2H3. The van der Waals surface area contributed by atoms with Crippen molar-refractivity contribution >= 4 is 11.4 Å². The summed E-state index contributed by atoms with van der Waals surface area (Å²) in [7, 11) is 0. The third kappa shape index (κ3) is 4.63. The number of nitrogens with two attached hydrogens (primary N) is 2. The van der Waals surface area contributed by atoms with Crippen LogP contribution in [-0.4, -0.2) is 10.2 Å². The van der Waals surface area contributed by atoms with Crippen LogP contribution in [-0.2, 0) is 0 Å². The minimum atomic E-state index is 0.200. The Bertz CT molecular complexity index is 1930. The van der Waals surface area contributed by atoms with Gasteiger partial charge in [-0.2, -0.15) is 0 Å². The molecule has 4 nitrogen and oxygen atoms in total. The smallest absolute Gasteiger partial charge is 0.119 e. The summed E-state index contributed by atoms with van der Waals surface area (Å²) in [5.41, 5.74) is 25.4. The Labute approximate surface area is 246 Å². The van der Waals surface area contributed by atoms with Crippen LogP contribution in [0.25, 0.3) is 55.6 Å². The molecule has 6 aromatic rings. The van der Waals surface area contributed by atoms with E-state index in [0.29, 0.717) is 11.4 Å². The van der Waals surface area contributed by atoms with E-state index in [1.807, 2.05) is 111 Å².